The molecule has 9 nitrogen and oxygen atoms in total. The Balaban J connectivity index is 1.94. The summed E-state index contributed by atoms with van der Waals surface area (Å²) in [6.45, 7) is 1.87. The minimum absolute atomic E-state index is 0.286. The molecule has 0 spiro atoms. The van der Waals surface area contributed by atoms with Gasteiger partial charge in [-0.2, -0.15) is 5.10 Å². The molecule has 3 rings (SSSR count). The van der Waals surface area contributed by atoms with Gasteiger partial charge in [-0.1, -0.05) is 0 Å². The van der Waals surface area contributed by atoms with Crippen molar-refractivity contribution in [3.63, 3.8) is 0 Å². The molecule has 0 unspecified atom stereocenters. The number of amides is 1. The Morgan fingerprint density at radius 2 is 1.80 bits per heavy atom. The zero-order valence-electron chi connectivity index (χ0n) is 14.3. The molecule has 0 atom stereocenters. The number of carbonyl (C=O) groups is 1. The van der Waals surface area contributed by atoms with Crippen LogP contribution in [0.1, 0.15) is 16.1 Å². The zero-order chi connectivity index (χ0) is 18.0. The minimum atomic E-state index is -0.286. The van der Waals surface area contributed by atoms with E-state index < -0.39 is 0 Å². The Labute approximate surface area is 144 Å². The summed E-state index contributed by atoms with van der Waals surface area (Å²) in [6, 6.07) is 4.98. The second-order valence-corrected chi connectivity index (χ2v) is 5.30. The molecule has 0 aliphatic heterocycles. The van der Waals surface area contributed by atoms with Gasteiger partial charge in [-0.05, 0) is 25.1 Å². The van der Waals surface area contributed by atoms with Gasteiger partial charge in [-0.3, -0.25) is 14.0 Å². The second kappa shape index (κ2) is 6.63. The largest absolute Gasteiger partial charge is 0.493 e. The van der Waals surface area contributed by atoms with Crippen molar-refractivity contribution < 1.29 is 14.3 Å². The first-order valence-corrected chi connectivity index (χ1v) is 7.47. The average Bonchev–Trinajstić information content (AvgIpc) is 3.25. The first-order valence-electron chi connectivity index (χ1n) is 7.47. The molecule has 2 aromatic heterocycles. The molecule has 0 aliphatic rings. The van der Waals surface area contributed by atoms with Gasteiger partial charge in [-0.25, -0.2) is 0 Å². The Morgan fingerprint density at radius 1 is 1.12 bits per heavy atom. The fourth-order valence-electron chi connectivity index (χ4n) is 2.39. The SMILES string of the molecule is COc1ccc(C(=O)Nc2c(-n3cnnc3)nn(C)c2C)cc1OC. The highest BCUT2D eigenvalue weighted by atomic mass is 16.5. The van der Waals surface area contributed by atoms with E-state index in [-0.39, 0.29) is 5.91 Å². The molecule has 0 aliphatic carbocycles. The average molecular weight is 342 g/mol. The van der Waals surface area contributed by atoms with E-state index in [0.717, 1.165) is 5.69 Å². The monoisotopic (exact) mass is 342 g/mol. The van der Waals surface area contributed by atoms with Gasteiger partial charge in [0.2, 0.25) is 0 Å². The number of nitrogens with one attached hydrogen (secondary N) is 1. The van der Waals surface area contributed by atoms with Crippen LogP contribution in [0.4, 0.5) is 5.69 Å². The lowest BCUT2D eigenvalue weighted by Crippen LogP contribution is -2.14. The fourth-order valence-corrected chi connectivity index (χ4v) is 2.39. The Morgan fingerprint density at radius 3 is 2.44 bits per heavy atom. The Kier molecular flexibility index (Phi) is 4.38. The first-order chi connectivity index (χ1) is 12.0. The van der Waals surface area contributed by atoms with Crippen LogP contribution in [0.2, 0.25) is 0 Å². The second-order valence-electron chi connectivity index (χ2n) is 5.30. The van der Waals surface area contributed by atoms with Crippen molar-refractivity contribution in [2.24, 2.45) is 7.05 Å². The van der Waals surface area contributed by atoms with Crippen LogP contribution in [0.15, 0.2) is 30.9 Å². The quantitative estimate of drug-likeness (QED) is 0.756. The number of aromatic nitrogens is 5. The number of benzene rings is 1. The van der Waals surface area contributed by atoms with Crippen LogP contribution in [0.5, 0.6) is 11.5 Å². The van der Waals surface area contributed by atoms with Crippen molar-refractivity contribution in [1.29, 1.82) is 0 Å². The van der Waals surface area contributed by atoms with Crippen LogP contribution in [0.3, 0.4) is 0 Å². The maximum Gasteiger partial charge on any atom is 0.255 e. The number of aryl methyl sites for hydroxylation is 1. The number of anilines is 1. The Bertz CT molecular complexity index is 901. The maximum atomic E-state index is 12.7. The topological polar surface area (TPSA) is 96.1 Å². The summed E-state index contributed by atoms with van der Waals surface area (Å²) < 4.78 is 13.8. The third-order valence-corrected chi connectivity index (χ3v) is 3.86. The summed E-state index contributed by atoms with van der Waals surface area (Å²) in [5.74, 6) is 1.30. The zero-order valence-corrected chi connectivity index (χ0v) is 14.3. The molecule has 130 valence electrons. The van der Waals surface area contributed by atoms with Crippen LogP contribution in [-0.2, 0) is 7.05 Å². The third kappa shape index (κ3) is 3.03. The predicted molar refractivity (Wildman–Crippen MR) is 90.4 cm³/mol. The van der Waals surface area contributed by atoms with E-state index in [1.807, 2.05) is 6.92 Å². The maximum absolute atomic E-state index is 12.7. The molecule has 25 heavy (non-hydrogen) atoms. The van der Waals surface area contributed by atoms with Gasteiger partial charge < -0.3 is 14.8 Å². The van der Waals surface area contributed by atoms with Crippen LogP contribution in [-0.4, -0.2) is 44.7 Å². The molecule has 2 heterocycles. The van der Waals surface area contributed by atoms with Crippen LogP contribution in [0.25, 0.3) is 5.82 Å². The molecule has 1 N–H and O–H groups in total. The standard InChI is InChI=1S/C16H18N6O3/c1-10-14(15(20-21(10)2)22-8-17-18-9-22)19-16(23)11-5-6-12(24-3)13(7-11)25-4/h5-9H,1-4H3,(H,19,23). The van der Waals surface area contributed by atoms with Gasteiger partial charge in [0.15, 0.2) is 17.3 Å². The molecular weight excluding hydrogens is 324 g/mol. The lowest BCUT2D eigenvalue weighted by atomic mass is 10.2. The number of methoxy groups -OCH3 is 2. The summed E-state index contributed by atoms with van der Waals surface area (Å²) in [5.41, 5.74) is 1.83. The van der Waals surface area contributed by atoms with Crippen LogP contribution >= 0.6 is 0 Å². The number of nitrogens with zero attached hydrogens (tertiary/aromatic N) is 5. The molecule has 1 amide bonds. The lowest BCUT2D eigenvalue weighted by Gasteiger charge is -2.10. The number of rotatable bonds is 5. The summed E-state index contributed by atoms with van der Waals surface area (Å²) >= 11 is 0. The van der Waals surface area contributed by atoms with E-state index >= 15 is 0 Å². The van der Waals surface area contributed by atoms with Crippen LogP contribution < -0.4 is 14.8 Å². The predicted octanol–water partition coefficient (Wildman–Crippen LogP) is 1.58. The molecule has 0 fully saturated rings. The lowest BCUT2D eigenvalue weighted by molar-refractivity contribution is 0.102. The van der Waals surface area contributed by atoms with E-state index in [1.54, 1.807) is 41.6 Å². The van der Waals surface area contributed by atoms with E-state index in [4.69, 9.17) is 9.47 Å². The van der Waals surface area contributed by atoms with Gasteiger partial charge in [0.1, 0.15) is 18.3 Å². The molecule has 1 aromatic carbocycles. The first kappa shape index (κ1) is 16.5. The van der Waals surface area contributed by atoms with Crippen molar-refractivity contribution >= 4 is 11.6 Å². The fraction of sp³-hybridized carbons (Fsp3) is 0.250. The summed E-state index contributed by atoms with van der Waals surface area (Å²) in [7, 11) is 4.87. The summed E-state index contributed by atoms with van der Waals surface area (Å²) in [5, 5.41) is 14.9. The highest BCUT2D eigenvalue weighted by Gasteiger charge is 2.19. The Hall–Kier alpha value is -3.36. The third-order valence-electron chi connectivity index (χ3n) is 3.86. The summed E-state index contributed by atoms with van der Waals surface area (Å²) in [6.07, 6.45) is 3.04. The van der Waals surface area contributed by atoms with Gasteiger partial charge in [-0.15, -0.1) is 10.2 Å². The van der Waals surface area contributed by atoms with Crippen LogP contribution in [0, 0.1) is 6.92 Å². The number of carbonyl (C=O) groups excluding carboxylic acids is 1. The molecule has 0 radical (unpaired) electrons. The van der Waals surface area contributed by atoms with Gasteiger partial charge in [0.05, 0.1) is 19.9 Å². The molecule has 3 aromatic rings. The molecule has 9 heteroatoms. The highest BCUT2D eigenvalue weighted by Crippen LogP contribution is 2.29. The van der Waals surface area contributed by atoms with E-state index in [2.05, 4.69) is 20.6 Å². The number of ether oxygens (including phenoxy) is 2. The minimum Gasteiger partial charge on any atom is -0.493 e. The van der Waals surface area contributed by atoms with E-state index in [9.17, 15) is 4.79 Å². The van der Waals surface area contributed by atoms with Crippen molar-refractivity contribution in [2.75, 3.05) is 19.5 Å². The smallest absolute Gasteiger partial charge is 0.255 e. The van der Waals surface area contributed by atoms with Crippen molar-refractivity contribution in [2.45, 2.75) is 6.92 Å². The van der Waals surface area contributed by atoms with E-state index in [0.29, 0.717) is 28.6 Å². The van der Waals surface area contributed by atoms with Crippen molar-refractivity contribution in [3.8, 4) is 17.3 Å². The summed E-state index contributed by atoms with van der Waals surface area (Å²) in [4.78, 5) is 12.7. The van der Waals surface area contributed by atoms with E-state index in [1.165, 1.54) is 19.8 Å². The molecule has 0 bridgehead atoms. The van der Waals surface area contributed by atoms with Gasteiger partial charge in [0.25, 0.3) is 5.91 Å². The highest BCUT2D eigenvalue weighted by molar-refractivity contribution is 6.05. The molecule has 0 saturated heterocycles. The molecular formula is C16H18N6O3. The molecule has 0 saturated carbocycles. The van der Waals surface area contributed by atoms with Gasteiger partial charge in [0, 0.05) is 12.6 Å². The normalized spacial score (nSPS) is 10.6. The number of hydrogen-bond acceptors (Lipinski definition) is 6. The van der Waals surface area contributed by atoms with Crippen molar-refractivity contribution in [3.05, 3.63) is 42.1 Å². The number of hydrogen-bond donors (Lipinski definition) is 1. The van der Waals surface area contributed by atoms with Gasteiger partial charge >= 0.3 is 0 Å². The van der Waals surface area contributed by atoms with Crippen molar-refractivity contribution in [1.82, 2.24) is 24.5 Å².